The highest BCUT2D eigenvalue weighted by molar-refractivity contribution is 9.10. The van der Waals surface area contributed by atoms with Crippen molar-refractivity contribution in [2.45, 2.75) is 45.4 Å². The molecule has 0 aliphatic carbocycles. The Morgan fingerprint density at radius 1 is 1.32 bits per heavy atom. The lowest BCUT2D eigenvalue weighted by Crippen LogP contribution is -2.41. The maximum absolute atomic E-state index is 12.5. The van der Waals surface area contributed by atoms with Crippen molar-refractivity contribution in [3.63, 3.8) is 0 Å². The average Bonchev–Trinajstić information content (AvgIpc) is 2.40. The molecule has 0 saturated carbocycles. The van der Waals surface area contributed by atoms with Gasteiger partial charge in [0.25, 0.3) is 5.56 Å². The fraction of sp³-hybridized carbons (Fsp3) is 0.500. The van der Waals surface area contributed by atoms with Gasteiger partial charge in [-0.3, -0.25) is 9.36 Å². The van der Waals surface area contributed by atoms with Gasteiger partial charge < -0.3 is 4.43 Å². The first-order valence-electron chi connectivity index (χ1n) is 7.40. The van der Waals surface area contributed by atoms with E-state index in [0.717, 1.165) is 9.99 Å². The summed E-state index contributed by atoms with van der Waals surface area (Å²) in [6.45, 7) is 12.1. The molecule has 0 aliphatic rings. The fourth-order valence-electron chi connectivity index (χ4n) is 1.91. The molecule has 0 amide bonds. The second-order valence-electron chi connectivity index (χ2n) is 7.01. The number of benzene rings is 1. The molecule has 2 rings (SSSR count). The summed E-state index contributed by atoms with van der Waals surface area (Å²) >= 11 is 3.40. The van der Waals surface area contributed by atoms with E-state index in [1.807, 2.05) is 18.2 Å². The van der Waals surface area contributed by atoms with E-state index in [-0.39, 0.29) is 10.6 Å². The highest BCUT2D eigenvalue weighted by Crippen LogP contribution is 2.36. The van der Waals surface area contributed by atoms with Gasteiger partial charge in [0.05, 0.1) is 23.8 Å². The molecule has 6 heteroatoms. The van der Waals surface area contributed by atoms with E-state index in [1.54, 1.807) is 10.9 Å². The van der Waals surface area contributed by atoms with Crippen molar-refractivity contribution in [3.8, 4) is 0 Å². The Morgan fingerprint density at radius 2 is 2.00 bits per heavy atom. The average molecular weight is 383 g/mol. The monoisotopic (exact) mass is 382 g/mol. The molecule has 0 spiro atoms. The summed E-state index contributed by atoms with van der Waals surface area (Å²) in [6.07, 6.45) is 1.60. The Balaban J connectivity index is 2.16. The summed E-state index contributed by atoms with van der Waals surface area (Å²) in [6, 6.07) is 5.55. The number of hydrogen-bond donors (Lipinski definition) is 0. The molecular weight excluding hydrogens is 360 g/mol. The number of nitrogens with zero attached hydrogens (tertiary/aromatic N) is 2. The molecule has 0 N–H and O–H groups in total. The van der Waals surface area contributed by atoms with Crippen molar-refractivity contribution in [1.29, 1.82) is 0 Å². The van der Waals surface area contributed by atoms with Crippen molar-refractivity contribution >= 4 is 35.2 Å². The van der Waals surface area contributed by atoms with E-state index >= 15 is 0 Å². The Kier molecular flexibility index (Phi) is 4.94. The molecule has 2 aromatic rings. The van der Waals surface area contributed by atoms with Crippen molar-refractivity contribution in [2.75, 3.05) is 6.61 Å². The largest absolute Gasteiger partial charge is 0.415 e. The maximum atomic E-state index is 12.5. The van der Waals surface area contributed by atoms with Crippen LogP contribution in [0.15, 0.2) is 33.8 Å². The second-order valence-corrected chi connectivity index (χ2v) is 12.7. The summed E-state index contributed by atoms with van der Waals surface area (Å²) in [5.74, 6) is 0. The maximum Gasteiger partial charge on any atom is 0.261 e. The Bertz CT molecular complexity index is 735. The van der Waals surface area contributed by atoms with Gasteiger partial charge in [0.2, 0.25) is 0 Å². The highest BCUT2D eigenvalue weighted by atomic mass is 79.9. The van der Waals surface area contributed by atoms with Gasteiger partial charge in [0, 0.05) is 11.0 Å². The molecule has 0 bridgehead atoms. The molecule has 1 heterocycles. The predicted molar refractivity (Wildman–Crippen MR) is 96.9 cm³/mol. The normalized spacial score (nSPS) is 12.8. The fourth-order valence-corrected chi connectivity index (χ4v) is 3.30. The van der Waals surface area contributed by atoms with E-state index < -0.39 is 8.32 Å². The van der Waals surface area contributed by atoms with Gasteiger partial charge in [-0.25, -0.2) is 4.98 Å². The third-order valence-corrected chi connectivity index (χ3v) is 9.42. The first-order chi connectivity index (χ1) is 10.1. The van der Waals surface area contributed by atoms with Crippen LogP contribution in [-0.4, -0.2) is 24.5 Å². The summed E-state index contributed by atoms with van der Waals surface area (Å²) in [7, 11) is -1.78. The number of hydrogen-bond acceptors (Lipinski definition) is 3. The first kappa shape index (κ1) is 17.4. The summed E-state index contributed by atoms with van der Waals surface area (Å²) in [4.78, 5) is 16.8. The molecule has 22 heavy (non-hydrogen) atoms. The Labute approximate surface area is 140 Å². The second kappa shape index (κ2) is 6.26. The third-order valence-electron chi connectivity index (χ3n) is 4.39. The summed E-state index contributed by atoms with van der Waals surface area (Å²) in [5, 5.41) is 0.800. The number of rotatable bonds is 4. The zero-order valence-corrected chi connectivity index (χ0v) is 16.4. The summed E-state index contributed by atoms with van der Waals surface area (Å²) in [5.41, 5.74) is 0.694. The van der Waals surface area contributed by atoms with Crippen LogP contribution in [0, 0.1) is 0 Å². The zero-order chi connectivity index (χ0) is 16.5. The minimum atomic E-state index is -1.78. The van der Waals surface area contributed by atoms with E-state index in [0.29, 0.717) is 18.5 Å². The minimum Gasteiger partial charge on any atom is -0.415 e. The molecule has 4 nitrogen and oxygen atoms in total. The van der Waals surface area contributed by atoms with Crippen LogP contribution in [0.4, 0.5) is 0 Å². The van der Waals surface area contributed by atoms with Gasteiger partial charge in [0.15, 0.2) is 8.32 Å². The predicted octanol–water partition coefficient (Wildman–Crippen LogP) is 4.18. The molecular formula is C16H23BrN2O2Si. The van der Waals surface area contributed by atoms with Crippen molar-refractivity contribution in [2.24, 2.45) is 0 Å². The molecule has 1 aromatic heterocycles. The smallest absolute Gasteiger partial charge is 0.261 e. The van der Waals surface area contributed by atoms with Crippen LogP contribution >= 0.6 is 15.9 Å². The molecule has 120 valence electrons. The molecule has 0 radical (unpaired) electrons. The summed E-state index contributed by atoms with van der Waals surface area (Å²) < 4.78 is 8.64. The standard InChI is InChI=1S/C16H23BrN2O2Si/c1-16(2,3)22(4,5)21-9-8-19-11-18-14-7-6-12(17)10-13(14)15(19)20/h6-7,10-11H,8-9H2,1-5H3. The van der Waals surface area contributed by atoms with Crippen LogP contribution in [0.1, 0.15) is 20.8 Å². The Hall–Kier alpha value is -0.983. The van der Waals surface area contributed by atoms with Crippen molar-refractivity contribution in [1.82, 2.24) is 9.55 Å². The van der Waals surface area contributed by atoms with Crippen LogP contribution in [0.2, 0.25) is 18.1 Å². The van der Waals surface area contributed by atoms with Crippen molar-refractivity contribution < 1.29 is 4.43 Å². The van der Waals surface area contributed by atoms with E-state index in [1.165, 1.54) is 0 Å². The SMILES string of the molecule is CC(C)(C)[Si](C)(C)OCCn1cnc2ccc(Br)cc2c1=O. The lowest BCUT2D eigenvalue weighted by molar-refractivity contribution is 0.270. The molecule has 1 aromatic carbocycles. The molecule has 0 fully saturated rings. The Morgan fingerprint density at radius 3 is 2.64 bits per heavy atom. The van der Waals surface area contributed by atoms with E-state index in [9.17, 15) is 4.79 Å². The van der Waals surface area contributed by atoms with Crippen molar-refractivity contribution in [3.05, 3.63) is 39.4 Å². The van der Waals surface area contributed by atoms with E-state index in [2.05, 4.69) is 54.8 Å². The zero-order valence-electron chi connectivity index (χ0n) is 13.8. The van der Waals surface area contributed by atoms with Crippen LogP contribution in [0.5, 0.6) is 0 Å². The van der Waals surface area contributed by atoms with Gasteiger partial charge in [-0.2, -0.15) is 0 Å². The first-order valence-corrected chi connectivity index (χ1v) is 11.1. The quantitative estimate of drug-likeness (QED) is 0.744. The molecule has 0 saturated heterocycles. The minimum absolute atomic E-state index is 0.0230. The lowest BCUT2D eigenvalue weighted by atomic mass is 10.2. The van der Waals surface area contributed by atoms with Gasteiger partial charge in [-0.15, -0.1) is 0 Å². The van der Waals surface area contributed by atoms with Gasteiger partial charge >= 0.3 is 0 Å². The highest BCUT2D eigenvalue weighted by Gasteiger charge is 2.36. The van der Waals surface area contributed by atoms with Gasteiger partial charge in [0.1, 0.15) is 0 Å². The van der Waals surface area contributed by atoms with Crippen LogP contribution < -0.4 is 5.56 Å². The van der Waals surface area contributed by atoms with Crippen LogP contribution in [-0.2, 0) is 11.0 Å². The third kappa shape index (κ3) is 3.67. The molecule has 0 unspecified atom stereocenters. The number of aromatic nitrogens is 2. The molecule has 0 aliphatic heterocycles. The molecule has 0 atom stereocenters. The van der Waals surface area contributed by atoms with Gasteiger partial charge in [-0.05, 0) is 36.3 Å². The van der Waals surface area contributed by atoms with Crippen LogP contribution in [0.3, 0.4) is 0 Å². The topological polar surface area (TPSA) is 44.1 Å². The lowest BCUT2D eigenvalue weighted by Gasteiger charge is -2.36. The number of fused-ring (bicyclic) bond motifs is 1. The van der Waals surface area contributed by atoms with Crippen LogP contribution in [0.25, 0.3) is 10.9 Å². The van der Waals surface area contributed by atoms with E-state index in [4.69, 9.17) is 4.43 Å². The number of halogens is 1. The van der Waals surface area contributed by atoms with Gasteiger partial charge in [-0.1, -0.05) is 36.7 Å².